The Hall–Kier alpha value is -3.59. The normalized spacial score (nSPS) is 10.9. The first-order valence-corrected chi connectivity index (χ1v) is 8.43. The highest BCUT2D eigenvalue weighted by Crippen LogP contribution is 2.29. The number of carbonyl (C=O) groups is 1. The number of nitrogens with one attached hydrogen (secondary N) is 1. The largest absolute Gasteiger partial charge is 0.416 e. The molecule has 0 spiro atoms. The average molecular weight is 380 g/mol. The SMILES string of the molecule is N#Cc1ccccc1-c1ccccc1C(=O)NCc1ccc(C(F)(F)F)cc1. The minimum absolute atomic E-state index is 0.0885. The Labute approximate surface area is 160 Å². The summed E-state index contributed by atoms with van der Waals surface area (Å²) in [6.07, 6.45) is -4.39. The fourth-order valence-corrected chi connectivity index (χ4v) is 2.82. The molecule has 1 amide bonds. The molecule has 0 aliphatic heterocycles. The summed E-state index contributed by atoms with van der Waals surface area (Å²) in [5, 5.41) is 12.0. The van der Waals surface area contributed by atoms with Crippen molar-refractivity contribution in [1.82, 2.24) is 5.32 Å². The van der Waals surface area contributed by atoms with Gasteiger partial charge < -0.3 is 5.32 Å². The molecule has 0 radical (unpaired) electrons. The van der Waals surface area contributed by atoms with Gasteiger partial charge in [-0.25, -0.2) is 0 Å². The van der Waals surface area contributed by atoms with E-state index in [0.717, 1.165) is 12.1 Å². The van der Waals surface area contributed by atoms with Gasteiger partial charge in [0.25, 0.3) is 5.91 Å². The first-order chi connectivity index (χ1) is 13.4. The number of hydrogen-bond donors (Lipinski definition) is 1. The van der Waals surface area contributed by atoms with Gasteiger partial charge in [-0.1, -0.05) is 48.5 Å². The Bertz CT molecular complexity index is 1030. The van der Waals surface area contributed by atoms with Crippen LogP contribution < -0.4 is 5.32 Å². The number of alkyl halides is 3. The van der Waals surface area contributed by atoms with Gasteiger partial charge in [0.1, 0.15) is 0 Å². The number of nitrogens with zero attached hydrogens (tertiary/aromatic N) is 1. The zero-order valence-corrected chi connectivity index (χ0v) is 14.6. The van der Waals surface area contributed by atoms with Crippen LogP contribution in [0.4, 0.5) is 13.2 Å². The molecule has 0 bridgehead atoms. The topological polar surface area (TPSA) is 52.9 Å². The lowest BCUT2D eigenvalue weighted by Crippen LogP contribution is -2.23. The van der Waals surface area contributed by atoms with Gasteiger partial charge in [0.05, 0.1) is 17.2 Å². The van der Waals surface area contributed by atoms with Crippen LogP contribution in [0.2, 0.25) is 0 Å². The Morgan fingerprint density at radius 3 is 2.14 bits per heavy atom. The van der Waals surface area contributed by atoms with Gasteiger partial charge in [0, 0.05) is 17.7 Å². The smallest absolute Gasteiger partial charge is 0.348 e. The van der Waals surface area contributed by atoms with Gasteiger partial charge in [-0.3, -0.25) is 4.79 Å². The summed E-state index contributed by atoms with van der Waals surface area (Å²) in [7, 11) is 0. The maximum atomic E-state index is 12.7. The van der Waals surface area contributed by atoms with Crippen molar-refractivity contribution in [3.8, 4) is 17.2 Å². The lowest BCUT2D eigenvalue weighted by atomic mass is 9.95. The monoisotopic (exact) mass is 380 g/mol. The van der Waals surface area contributed by atoms with Crippen LogP contribution in [-0.2, 0) is 12.7 Å². The van der Waals surface area contributed by atoms with E-state index in [-0.39, 0.29) is 12.5 Å². The van der Waals surface area contributed by atoms with Crippen LogP contribution in [0.15, 0.2) is 72.8 Å². The third-order valence-corrected chi connectivity index (χ3v) is 4.24. The summed E-state index contributed by atoms with van der Waals surface area (Å²) >= 11 is 0. The highest BCUT2D eigenvalue weighted by molar-refractivity contribution is 6.01. The molecule has 0 aliphatic carbocycles. The second-order valence-electron chi connectivity index (χ2n) is 6.08. The number of nitriles is 1. The molecule has 140 valence electrons. The van der Waals surface area contributed by atoms with Crippen molar-refractivity contribution >= 4 is 5.91 Å². The molecule has 3 aromatic rings. The molecule has 0 atom stereocenters. The summed E-state index contributed by atoms with van der Waals surface area (Å²) in [6.45, 7) is 0.0885. The predicted octanol–water partition coefficient (Wildman–Crippen LogP) is 5.17. The zero-order chi connectivity index (χ0) is 20.1. The Morgan fingerprint density at radius 2 is 1.50 bits per heavy atom. The Balaban J connectivity index is 1.80. The summed E-state index contributed by atoms with van der Waals surface area (Å²) in [4.78, 5) is 12.7. The molecule has 0 heterocycles. The summed E-state index contributed by atoms with van der Waals surface area (Å²) in [5.41, 5.74) is 1.91. The number of halogens is 3. The highest BCUT2D eigenvalue weighted by atomic mass is 19.4. The Morgan fingerprint density at radius 1 is 0.893 bits per heavy atom. The molecule has 28 heavy (non-hydrogen) atoms. The predicted molar refractivity (Wildman–Crippen MR) is 99.2 cm³/mol. The van der Waals surface area contributed by atoms with Gasteiger partial charge in [0.15, 0.2) is 0 Å². The van der Waals surface area contributed by atoms with E-state index in [0.29, 0.717) is 27.8 Å². The molecule has 0 aliphatic rings. The number of hydrogen-bond acceptors (Lipinski definition) is 2. The minimum Gasteiger partial charge on any atom is -0.348 e. The van der Waals surface area contributed by atoms with E-state index in [1.807, 2.05) is 0 Å². The first kappa shape index (κ1) is 19.2. The lowest BCUT2D eigenvalue weighted by molar-refractivity contribution is -0.137. The highest BCUT2D eigenvalue weighted by Gasteiger charge is 2.29. The molecule has 3 aromatic carbocycles. The molecule has 3 rings (SSSR count). The van der Waals surface area contributed by atoms with E-state index in [1.54, 1.807) is 48.5 Å². The molecular weight excluding hydrogens is 365 g/mol. The van der Waals surface area contributed by atoms with Crippen molar-refractivity contribution in [2.75, 3.05) is 0 Å². The van der Waals surface area contributed by atoms with Crippen LogP contribution in [0.1, 0.15) is 27.0 Å². The van der Waals surface area contributed by atoms with Gasteiger partial charge in [0.2, 0.25) is 0 Å². The average Bonchev–Trinajstić information content (AvgIpc) is 2.71. The zero-order valence-electron chi connectivity index (χ0n) is 14.6. The summed E-state index contributed by atoms with van der Waals surface area (Å²) in [5.74, 6) is -0.372. The standard InChI is InChI=1S/C22H15F3N2O/c23-22(24,25)17-11-9-15(10-12-17)14-27-21(28)20-8-4-3-7-19(20)18-6-2-1-5-16(18)13-26/h1-12H,14H2,(H,27,28). The quantitative estimate of drug-likeness (QED) is 0.679. The van der Waals surface area contributed by atoms with Crippen LogP contribution in [0.25, 0.3) is 11.1 Å². The van der Waals surface area contributed by atoms with Gasteiger partial charge in [-0.05, 0) is 35.4 Å². The second-order valence-corrected chi connectivity index (χ2v) is 6.08. The molecule has 0 aromatic heterocycles. The van der Waals surface area contributed by atoms with E-state index in [9.17, 15) is 23.2 Å². The number of amides is 1. The molecule has 6 heteroatoms. The molecule has 0 fully saturated rings. The fourth-order valence-electron chi connectivity index (χ4n) is 2.82. The first-order valence-electron chi connectivity index (χ1n) is 8.43. The van der Waals surface area contributed by atoms with Crippen LogP contribution >= 0.6 is 0 Å². The van der Waals surface area contributed by atoms with Crippen molar-refractivity contribution in [2.24, 2.45) is 0 Å². The third-order valence-electron chi connectivity index (χ3n) is 4.24. The van der Waals surface area contributed by atoms with Crippen LogP contribution in [0.3, 0.4) is 0 Å². The van der Waals surface area contributed by atoms with Gasteiger partial charge in [-0.15, -0.1) is 0 Å². The van der Waals surface area contributed by atoms with E-state index in [1.165, 1.54) is 12.1 Å². The molecular formula is C22H15F3N2O. The Kier molecular flexibility index (Phi) is 5.46. The summed E-state index contributed by atoms with van der Waals surface area (Å²) in [6, 6.07) is 20.6. The van der Waals surface area contributed by atoms with Crippen LogP contribution in [0.5, 0.6) is 0 Å². The van der Waals surface area contributed by atoms with E-state index < -0.39 is 11.7 Å². The lowest BCUT2D eigenvalue weighted by Gasteiger charge is -2.12. The second kappa shape index (κ2) is 7.97. The fraction of sp³-hybridized carbons (Fsp3) is 0.0909. The van der Waals surface area contributed by atoms with E-state index in [2.05, 4.69) is 11.4 Å². The maximum Gasteiger partial charge on any atom is 0.416 e. The van der Waals surface area contributed by atoms with Crippen molar-refractivity contribution < 1.29 is 18.0 Å². The van der Waals surface area contributed by atoms with Crippen molar-refractivity contribution in [2.45, 2.75) is 12.7 Å². The van der Waals surface area contributed by atoms with Crippen LogP contribution in [0, 0.1) is 11.3 Å². The van der Waals surface area contributed by atoms with Crippen LogP contribution in [-0.4, -0.2) is 5.91 Å². The van der Waals surface area contributed by atoms with Gasteiger partial charge >= 0.3 is 6.18 Å². The maximum absolute atomic E-state index is 12.7. The molecule has 0 saturated carbocycles. The number of carbonyl (C=O) groups excluding carboxylic acids is 1. The molecule has 3 nitrogen and oxygen atoms in total. The molecule has 0 unspecified atom stereocenters. The van der Waals surface area contributed by atoms with Crippen molar-refractivity contribution in [1.29, 1.82) is 5.26 Å². The van der Waals surface area contributed by atoms with Crippen molar-refractivity contribution in [3.63, 3.8) is 0 Å². The molecule has 1 N–H and O–H groups in total. The van der Waals surface area contributed by atoms with E-state index >= 15 is 0 Å². The van der Waals surface area contributed by atoms with Crippen molar-refractivity contribution in [3.05, 3.63) is 95.1 Å². The minimum atomic E-state index is -4.39. The third kappa shape index (κ3) is 4.21. The number of benzene rings is 3. The number of rotatable bonds is 4. The molecule has 0 saturated heterocycles. The van der Waals surface area contributed by atoms with Gasteiger partial charge in [-0.2, -0.15) is 18.4 Å². The van der Waals surface area contributed by atoms with E-state index in [4.69, 9.17) is 0 Å². The summed E-state index contributed by atoms with van der Waals surface area (Å²) < 4.78 is 37.9.